The van der Waals surface area contributed by atoms with E-state index in [9.17, 15) is 0 Å². The quantitative estimate of drug-likeness (QED) is 0.837. The standard InChI is InChI=1S/C13H20N2O/c1-3-16-11-6-4-5-10(7-11)12-8-15(2)9-13(12)14/h4-7,12-13H,3,8-9,14H2,1-2H3. The SMILES string of the molecule is CCOc1cccc(C2CN(C)CC2N)c1. The molecule has 0 aliphatic carbocycles. The van der Waals surface area contributed by atoms with Crippen LogP contribution in [-0.4, -0.2) is 37.7 Å². The molecule has 1 saturated heterocycles. The van der Waals surface area contributed by atoms with Gasteiger partial charge in [-0.05, 0) is 31.7 Å². The molecule has 0 spiro atoms. The van der Waals surface area contributed by atoms with Crippen LogP contribution in [0.4, 0.5) is 0 Å². The van der Waals surface area contributed by atoms with E-state index in [-0.39, 0.29) is 6.04 Å². The molecule has 1 aliphatic heterocycles. The van der Waals surface area contributed by atoms with Crippen molar-refractivity contribution in [2.45, 2.75) is 18.9 Å². The molecule has 2 rings (SSSR count). The fourth-order valence-electron chi connectivity index (χ4n) is 2.39. The summed E-state index contributed by atoms with van der Waals surface area (Å²) in [6.07, 6.45) is 0. The van der Waals surface area contributed by atoms with Gasteiger partial charge in [-0.2, -0.15) is 0 Å². The summed E-state index contributed by atoms with van der Waals surface area (Å²) in [7, 11) is 2.12. The average molecular weight is 220 g/mol. The Morgan fingerprint density at radius 1 is 1.44 bits per heavy atom. The van der Waals surface area contributed by atoms with E-state index in [4.69, 9.17) is 10.5 Å². The van der Waals surface area contributed by atoms with Crippen molar-refractivity contribution in [3.05, 3.63) is 29.8 Å². The fraction of sp³-hybridized carbons (Fsp3) is 0.538. The minimum absolute atomic E-state index is 0.238. The van der Waals surface area contributed by atoms with Crippen LogP contribution in [0.3, 0.4) is 0 Å². The van der Waals surface area contributed by atoms with Crippen molar-refractivity contribution < 1.29 is 4.74 Å². The summed E-state index contributed by atoms with van der Waals surface area (Å²) in [6.45, 7) is 4.72. The molecule has 2 atom stereocenters. The van der Waals surface area contributed by atoms with Crippen LogP contribution in [0, 0.1) is 0 Å². The molecule has 16 heavy (non-hydrogen) atoms. The van der Waals surface area contributed by atoms with Gasteiger partial charge in [0, 0.05) is 25.0 Å². The van der Waals surface area contributed by atoms with Crippen LogP contribution < -0.4 is 10.5 Å². The Morgan fingerprint density at radius 3 is 2.88 bits per heavy atom. The summed E-state index contributed by atoms with van der Waals surface area (Å²) in [5, 5.41) is 0. The van der Waals surface area contributed by atoms with Gasteiger partial charge < -0.3 is 15.4 Å². The number of nitrogens with two attached hydrogens (primary N) is 1. The van der Waals surface area contributed by atoms with Crippen molar-refractivity contribution in [2.75, 3.05) is 26.7 Å². The molecule has 2 unspecified atom stereocenters. The number of ether oxygens (including phenoxy) is 1. The molecule has 1 aliphatic rings. The number of likely N-dealkylation sites (tertiary alicyclic amines) is 1. The summed E-state index contributed by atoms with van der Waals surface area (Å²) in [4.78, 5) is 2.28. The zero-order valence-electron chi connectivity index (χ0n) is 10.0. The lowest BCUT2D eigenvalue weighted by Gasteiger charge is -2.15. The van der Waals surface area contributed by atoms with Crippen molar-refractivity contribution >= 4 is 0 Å². The molecule has 3 nitrogen and oxygen atoms in total. The number of likely N-dealkylation sites (N-methyl/N-ethyl adjacent to an activating group) is 1. The molecule has 1 aromatic rings. The van der Waals surface area contributed by atoms with E-state index < -0.39 is 0 Å². The lowest BCUT2D eigenvalue weighted by atomic mass is 9.95. The first-order valence-corrected chi connectivity index (χ1v) is 5.87. The molecule has 0 radical (unpaired) electrons. The van der Waals surface area contributed by atoms with E-state index in [1.54, 1.807) is 0 Å². The maximum absolute atomic E-state index is 6.14. The normalized spacial score (nSPS) is 25.9. The molecule has 1 heterocycles. The van der Waals surface area contributed by atoms with Crippen molar-refractivity contribution in [1.29, 1.82) is 0 Å². The van der Waals surface area contributed by atoms with Gasteiger partial charge in [0.15, 0.2) is 0 Å². The van der Waals surface area contributed by atoms with Crippen LogP contribution in [0.1, 0.15) is 18.4 Å². The minimum Gasteiger partial charge on any atom is -0.494 e. The molecule has 2 N–H and O–H groups in total. The van der Waals surface area contributed by atoms with E-state index in [1.165, 1.54) is 5.56 Å². The molecule has 0 aromatic heterocycles. The molecule has 1 fully saturated rings. The van der Waals surface area contributed by atoms with Crippen molar-refractivity contribution in [1.82, 2.24) is 4.90 Å². The van der Waals surface area contributed by atoms with Gasteiger partial charge in [-0.25, -0.2) is 0 Å². The number of hydrogen-bond donors (Lipinski definition) is 1. The zero-order valence-corrected chi connectivity index (χ0v) is 10.0. The highest BCUT2D eigenvalue weighted by Crippen LogP contribution is 2.27. The Hall–Kier alpha value is -1.06. The van der Waals surface area contributed by atoms with Gasteiger partial charge in [0.25, 0.3) is 0 Å². The second kappa shape index (κ2) is 4.85. The van der Waals surface area contributed by atoms with Crippen LogP contribution in [-0.2, 0) is 0 Å². The third-order valence-electron chi connectivity index (χ3n) is 3.14. The lowest BCUT2D eigenvalue weighted by Crippen LogP contribution is -2.27. The molecule has 1 aromatic carbocycles. The molecule has 0 amide bonds. The third kappa shape index (κ3) is 2.36. The summed E-state index contributed by atoms with van der Waals surface area (Å²) >= 11 is 0. The molecular formula is C13H20N2O. The summed E-state index contributed by atoms with van der Waals surface area (Å²) < 4.78 is 5.51. The Labute approximate surface area is 97.2 Å². The van der Waals surface area contributed by atoms with Gasteiger partial charge in [-0.1, -0.05) is 12.1 Å². The number of nitrogens with zero attached hydrogens (tertiary/aromatic N) is 1. The first-order valence-electron chi connectivity index (χ1n) is 5.87. The second-order valence-corrected chi connectivity index (χ2v) is 4.50. The first kappa shape index (κ1) is 11.4. The smallest absolute Gasteiger partial charge is 0.119 e. The lowest BCUT2D eigenvalue weighted by molar-refractivity contribution is 0.339. The second-order valence-electron chi connectivity index (χ2n) is 4.50. The van der Waals surface area contributed by atoms with E-state index in [2.05, 4.69) is 24.1 Å². The van der Waals surface area contributed by atoms with E-state index in [1.807, 2.05) is 19.1 Å². The van der Waals surface area contributed by atoms with Crippen molar-refractivity contribution in [3.8, 4) is 5.75 Å². The Bertz CT molecular complexity index is 354. The molecule has 3 heteroatoms. The van der Waals surface area contributed by atoms with E-state index in [0.717, 1.165) is 18.8 Å². The number of benzene rings is 1. The van der Waals surface area contributed by atoms with Crippen LogP contribution in [0.25, 0.3) is 0 Å². The maximum Gasteiger partial charge on any atom is 0.119 e. The minimum atomic E-state index is 0.238. The summed E-state index contributed by atoms with van der Waals surface area (Å²) in [5.41, 5.74) is 7.44. The topological polar surface area (TPSA) is 38.5 Å². The molecule has 0 bridgehead atoms. The largest absolute Gasteiger partial charge is 0.494 e. The first-order chi connectivity index (χ1) is 7.70. The summed E-state index contributed by atoms with van der Waals surface area (Å²) in [6, 6.07) is 8.55. The van der Waals surface area contributed by atoms with Crippen molar-refractivity contribution in [3.63, 3.8) is 0 Å². The van der Waals surface area contributed by atoms with Crippen LogP contribution in [0.15, 0.2) is 24.3 Å². The molecule has 88 valence electrons. The monoisotopic (exact) mass is 220 g/mol. The Morgan fingerprint density at radius 2 is 2.25 bits per heavy atom. The van der Waals surface area contributed by atoms with Crippen LogP contribution in [0.2, 0.25) is 0 Å². The highest BCUT2D eigenvalue weighted by Gasteiger charge is 2.29. The van der Waals surface area contributed by atoms with Crippen molar-refractivity contribution in [2.24, 2.45) is 5.73 Å². The van der Waals surface area contributed by atoms with Gasteiger partial charge in [-0.15, -0.1) is 0 Å². The zero-order chi connectivity index (χ0) is 11.5. The average Bonchev–Trinajstić information content (AvgIpc) is 2.59. The Balaban J connectivity index is 2.16. The fourth-order valence-corrected chi connectivity index (χ4v) is 2.39. The predicted molar refractivity (Wildman–Crippen MR) is 65.8 cm³/mol. The van der Waals surface area contributed by atoms with Gasteiger partial charge in [0.1, 0.15) is 5.75 Å². The third-order valence-corrected chi connectivity index (χ3v) is 3.14. The molecule has 0 saturated carbocycles. The van der Waals surface area contributed by atoms with Gasteiger partial charge in [0.2, 0.25) is 0 Å². The van der Waals surface area contributed by atoms with Gasteiger partial charge in [0.05, 0.1) is 6.61 Å². The van der Waals surface area contributed by atoms with Crippen LogP contribution in [0.5, 0.6) is 5.75 Å². The predicted octanol–water partition coefficient (Wildman–Crippen LogP) is 1.44. The highest BCUT2D eigenvalue weighted by atomic mass is 16.5. The maximum atomic E-state index is 6.14. The summed E-state index contributed by atoms with van der Waals surface area (Å²) in [5.74, 6) is 1.38. The molecular weight excluding hydrogens is 200 g/mol. The highest BCUT2D eigenvalue weighted by molar-refractivity contribution is 5.32. The van der Waals surface area contributed by atoms with E-state index >= 15 is 0 Å². The number of hydrogen-bond acceptors (Lipinski definition) is 3. The number of rotatable bonds is 3. The van der Waals surface area contributed by atoms with Crippen LogP contribution >= 0.6 is 0 Å². The van der Waals surface area contributed by atoms with Gasteiger partial charge >= 0.3 is 0 Å². The van der Waals surface area contributed by atoms with E-state index in [0.29, 0.717) is 12.5 Å². The Kier molecular flexibility index (Phi) is 3.46. The van der Waals surface area contributed by atoms with Gasteiger partial charge in [-0.3, -0.25) is 0 Å².